The van der Waals surface area contributed by atoms with Crippen LogP contribution >= 0.6 is 0 Å². The van der Waals surface area contributed by atoms with Crippen molar-refractivity contribution >= 4 is 28.5 Å². The standard InChI is InChI=1S/C18H22N4O4/c19-17(20)13-7-6-11-9-25-10-14(11)16(13)18(24)21-8-15(23)26-22-12-4-2-1-3-5-12/h6-7,9-10,12,22H,1-5,8H2,(H3,19,20)(H,21,24). The fraction of sp³-hybridized carbons (Fsp3) is 0.389. The molecule has 5 N–H and O–H groups in total. The number of furan rings is 1. The molecule has 1 aliphatic carbocycles. The first-order valence-electron chi connectivity index (χ1n) is 8.63. The van der Waals surface area contributed by atoms with E-state index in [0.717, 1.165) is 25.7 Å². The van der Waals surface area contributed by atoms with Crippen LogP contribution in [0.2, 0.25) is 0 Å². The zero-order valence-corrected chi connectivity index (χ0v) is 14.3. The summed E-state index contributed by atoms with van der Waals surface area (Å²) in [4.78, 5) is 29.5. The van der Waals surface area contributed by atoms with Gasteiger partial charge in [0.1, 0.15) is 12.4 Å². The third kappa shape index (κ3) is 4.02. The Morgan fingerprint density at radius 3 is 2.73 bits per heavy atom. The summed E-state index contributed by atoms with van der Waals surface area (Å²) in [5.41, 5.74) is 8.83. The van der Waals surface area contributed by atoms with E-state index in [9.17, 15) is 9.59 Å². The highest BCUT2D eigenvalue weighted by Crippen LogP contribution is 2.23. The monoisotopic (exact) mass is 358 g/mol. The first-order valence-corrected chi connectivity index (χ1v) is 8.63. The van der Waals surface area contributed by atoms with Crippen LogP contribution in [0.15, 0.2) is 29.1 Å². The molecule has 1 aromatic carbocycles. The van der Waals surface area contributed by atoms with Crippen LogP contribution < -0.4 is 16.5 Å². The van der Waals surface area contributed by atoms with Gasteiger partial charge in [0.25, 0.3) is 5.91 Å². The van der Waals surface area contributed by atoms with E-state index < -0.39 is 11.9 Å². The largest absolute Gasteiger partial charge is 0.471 e. The lowest BCUT2D eigenvalue weighted by atomic mass is 9.96. The molecule has 1 aliphatic rings. The Kier molecular flexibility index (Phi) is 5.52. The number of carbonyl (C=O) groups excluding carboxylic acids is 2. The molecule has 1 aromatic heterocycles. The van der Waals surface area contributed by atoms with Crippen LogP contribution in [0.25, 0.3) is 10.8 Å². The second-order valence-corrected chi connectivity index (χ2v) is 6.39. The van der Waals surface area contributed by atoms with E-state index in [1.54, 1.807) is 12.1 Å². The highest BCUT2D eigenvalue weighted by atomic mass is 16.7. The predicted octanol–water partition coefficient (Wildman–Crippen LogP) is 1.83. The number of benzene rings is 1. The third-order valence-electron chi connectivity index (χ3n) is 4.52. The van der Waals surface area contributed by atoms with E-state index in [0.29, 0.717) is 10.8 Å². The molecule has 0 bridgehead atoms. The molecule has 1 fully saturated rings. The van der Waals surface area contributed by atoms with Gasteiger partial charge in [-0.15, -0.1) is 5.48 Å². The van der Waals surface area contributed by atoms with Gasteiger partial charge in [0.05, 0.1) is 18.1 Å². The molecular weight excluding hydrogens is 336 g/mol. The molecule has 1 saturated carbocycles. The quantitative estimate of drug-likeness (QED) is 0.354. The highest BCUT2D eigenvalue weighted by molar-refractivity contribution is 6.15. The van der Waals surface area contributed by atoms with Crippen molar-refractivity contribution in [1.29, 1.82) is 5.41 Å². The SMILES string of the molecule is N=C(N)c1ccc2cocc2c1C(=O)NCC(=O)ONC1CCCCC1. The Balaban J connectivity index is 1.62. The molecule has 0 unspecified atom stereocenters. The Morgan fingerprint density at radius 1 is 1.23 bits per heavy atom. The summed E-state index contributed by atoms with van der Waals surface area (Å²) in [5.74, 6) is -1.33. The Bertz CT molecular complexity index is 824. The average molecular weight is 358 g/mol. The van der Waals surface area contributed by atoms with E-state index in [1.807, 2.05) is 0 Å². The van der Waals surface area contributed by atoms with Crippen LogP contribution in [0.3, 0.4) is 0 Å². The number of amides is 1. The van der Waals surface area contributed by atoms with Crippen LogP contribution in [-0.4, -0.2) is 30.3 Å². The first-order chi connectivity index (χ1) is 12.6. The van der Waals surface area contributed by atoms with E-state index >= 15 is 0 Å². The molecule has 0 saturated heterocycles. The van der Waals surface area contributed by atoms with Gasteiger partial charge in [0, 0.05) is 22.4 Å². The second kappa shape index (κ2) is 8.01. The number of hydrogen-bond acceptors (Lipinski definition) is 6. The minimum Gasteiger partial charge on any atom is -0.471 e. The van der Waals surface area contributed by atoms with E-state index in [1.165, 1.54) is 18.9 Å². The lowest BCUT2D eigenvalue weighted by molar-refractivity contribution is -0.152. The molecule has 0 atom stereocenters. The topological polar surface area (TPSA) is 130 Å². The van der Waals surface area contributed by atoms with Crippen LogP contribution in [0.1, 0.15) is 48.0 Å². The number of hydrogen-bond donors (Lipinski definition) is 4. The smallest absolute Gasteiger partial charge is 0.344 e. The summed E-state index contributed by atoms with van der Waals surface area (Å²) in [6, 6.07) is 3.47. The third-order valence-corrected chi connectivity index (χ3v) is 4.52. The second-order valence-electron chi connectivity index (χ2n) is 6.39. The number of rotatable bonds is 6. The number of carbonyl (C=O) groups is 2. The molecule has 2 aromatic rings. The van der Waals surface area contributed by atoms with Crippen molar-refractivity contribution in [2.24, 2.45) is 5.73 Å². The minimum absolute atomic E-state index is 0.174. The lowest BCUT2D eigenvalue weighted by Gasteiger charge is -2.21. The van der Waals surface area contributed by atoms with Gasteiger partial charge in [-0.05, 0) is 18.9 Å². The molecule has 3 rings (SSSR count). The van der Waals surface area contributed by atoms with Gasteiger partial charge in [-0.25, -0.2) is 4.79 Å². The van der Waals surface area contributed by atoms with Gasteiger partial charge in [0.2, 0.25) is 0 Å². The summed E-state index contributed by atoms with van der Waals surface area (Å²) in [6.07, 6.45) is 8.31. The molecule has 26 heavy (non-hydrogen) atoms. The number of nitrogens with two attached hydrogens (primary N) is 1. The lowest BCUT2D eigenvalue weighted by Crippen LogP contribution is -2.38. The predicted molar refractivity (Wildman–Crippen MR) is 95.7 cm³/mol. The van der Waals surface area contributed by atoms with Gasteiger partial charge in [-0.2, -0.15) is 0 Å². The van der Waals surface area contributed by atoms with Gasteiger partial charge in [-0.1, -0.05) is 25.3 Å². The molecular formula is C18H22N4O4. The molecule has 1 amide bonds. The molecule has 0 aliphatic heterocycles. The van der Waals surface area contributed by atoms with E-state index in [4.69, 9.17) is 20.4 Å². The Morgan fingerprint density at radius 2 is 2.00 bits per heavy atom. The van der Waals surface area contributed by atoms with Crippen molar-refractivity contribution < 1.29 is 18.8 Å². The normalized spacial score (nSPS) is 14.9. The highest BCUT2D eigenvalue weighted by Gasteiger charge is 2.20. The van der Waals surface area contributed by atoms with Crippen molar-refractivity contribution in [2.45, 2.75) is 38.1 Å². The summed E-state index contributed by atoms with van der Waals surface area (Å²) in [6.45, 7) is -0.288. The average Bonchev–Trinajstić information content (AvgIpc) is 3.13. The maximum Gasteiger partial charge on any atom is 0.344 e. The molecule has 1 heterocycles. The van der Waals surface area contributed by atoms with E-state index in [2.05, 4.69) is 10.8 Å². The molecule has 8 nitrogen and oxygen atoms in total. The summed E-state index contributed by atoms with van der Waals surface area (Å²) < 4.78 is 5.13. The van der Waals surface area contributed by atoms with Crippen molar-refractivity contribution in [3.63, 3.8) is 0 Å². The van der Waals surface area contributed by atoms with Crippen LogP contribution in [0, 0.1) is 5.41 Å². The molecule has 8 heteroatoms. The van der Waals surface area contributed by atoms with Crippen LogP contribution in [0.4, 0.5) is 0 Å². The van der Waals surface area contributed by atoms with Gasteiger partial charge in [0.15, 0.2) is 0 Å². The zero-order chi connectivity index (χ0) is 18.5. The summed E-state index contributed by atoms with van der Waals surface area (Å²) in [7, 11) is 0. The summed E-state index contributed by atoms with van der Waals surface area (Å²) in [5, 5.41) is 11.4. The number of nitrogen functional groups attached to an aromatic ring is 1. The maximum atomic E-state index is 12.6. The molecule has 138 valence electrons. The van der Waals surface area contributed by atoms with Crippen molar-refractivity contribution in [2.75, 3.05) is 6.54 Å². The number of fused-ring (bicyclic) bond motifs is 1. The van der Waals surface area contributed by atoms with Crippen molar-refractivity contribution in [3.8, 4) is 0 Å². The molecule has 0 radical (unpaired) electrons. The van der Waals surface area contributed by atoms with Crippen LogP contribution in [-0.2, 0) is 9.63 Å². The van der Waals surface area contributed by atoms with Gasteiger partial charge in [-0.3, -0.25) is 10.2 Å². The van der Waals surface area contributed by atoms with Crippen LogP contribution in [0.5, 0.6) is 0 Å². The van der Waals surface area contributed by atoms with Crippen molar-refractivity contribution in [3.05, 3.63) is 35.8 Å². The number of hydroxylamine groups is 1. The fourth-order valence-electron chi connectivity index (χ4n) is 3.16. The minimum atomic E-state index is -0.576. The Hall–Kier alpha value is -2.87. The molecule has 0 spiro atoms. The fourth-order valence-corrected chi connectivity index (χ4v) is 3.16. The zero-order valence-electron chi connectivity index (χ0n) is 14.3. The maximum absolute atomic E-state index is 12.6. The first kappa shape index (κ1) is 17.9. The summed E-state index contributed by atoms with van der Waals surface area (Å²) >= 11 is 0. The Labute approximate surface area is 150 Å². The van der Waals surface area contributed by atoms with E-state index in [-0.39, 0.29) is 29.5 Å². The number of amidine groups is 1. The number of nitrogens with one attached hydrogen (secondary N) is 3. The van der Waals surface area contributed by atoms with Gasteiger partial charge >= 0.3 is 5.97 Å². The van der Waals surface area contributed by atoms with Crippen molar-refractivity contribution in [1.82, 2.24) is 10.8 Å². The van der Waals surface area contributed by atoms with Gasteiger partial charge < -0.3 is 20.3 Å².